The van der Waals surface area contributed by atoms with Crippen LogP contribution in [0.25, 0.3) is 0 Å². The molecule has 0 unspecified atom stereocenters. The first kappa shape index (κ1) is 26.1. The van der Waals surface area contributed by atoms with Gasteiger partial charge in [0.2, 0.25) is 0 Å². The number of amidine groups is 2. The van der Waals surface area contributed by atoms with E-state index in [1.54, 1.807) is 24.8 Å². The molecule has 10 heteroatoms. The number of hydrogen-bond acceptors (Lipinski definition) is 10. The molecule has 0 radical (unpaired) electrons. The molecule has 8 rings (SSSR count). The van der Waals surface area contributed by atoms with E-state index in [1.807, 2.05) is 48.5 Å². The zero-order chi connectivity index (χ0) is 28.1. The van der Waals surface area contributed by atoms with Gasteiger partial charge in [0.25, 0.3) is 0 Å². The van der Waals surface area contributed by atoms with Crippen molar-refractivity contribution in [1.29, 1.82) is 0 Å². The van der Waals surface area contributed by atoms with Crippen molar-refractivity contribution >= 4 is 23.0 Å². The van der Waals surface area contributed by atoms with Crippen LogP contribution in [0, 0.1) is 0 Å². The molecule has 2 aromatic carbocycles. The number of fused-ring (bicyclic) bond motifs is 4. The van der Waals surface area contributed by atoms with Crippen molar-refractivity contribution in [3.8, 4) is 23.0 Å². The molecule has 2 saturated heterocycles. The highest BCUT2D eigenvalue weighted by molar-refractivity contribution is 6.04. The van der Waals surface area contributed by atoms with E-state index in [9.17, 15) is 0 Å². The summed E-state index contributed by atoms with van der Waals surface area (Å²) in [5.41, 5.74) is 3.68. The Labute approximate surface area is 244 Å². The molecule has 0 aliphatic carbocycles. The van der Waals surface area contributed by atoms with Crippen LogP contribution >= 0.6 is 0 Å². The summed E-state index contributed by atoms with van der Waals surface area (Å²) in [5, 5.41) is 6.75. The number of nitrogens with zero attached hydrogens (tertiary/aromatic N) is 6. The Balaban J connectivity index is 0.000000137. The van der Waals surface area contributed by atoms with Crippen LogP contribution in [0.5, 0.6) is 23.0 Å². The molecule has 0 atom stereocenters. The maximum absolute atomic E-state index is 6.03. The fourth-order valence-electron chi connectivity index (χ4n) is 5.39. The second-order valence-corrected chi connectivity index (χ2v) is 10.2. The summed E-state index contributed by atoms with van der Waals surface area (Å²) in [6.07, 6.45) is 6.95. The van der Waals surface area contributed by atoms with E-state index in [2.05, 4.69) is 42.5 Å². The van der Waals surface area contributed by atoms with Crippen LogP contribution in [-0.2, 0) is 0 Å². The molecule has 0 amide bonds. The molecule has 0 bridgehead atoms. The Hall–Kier alpha value is -4.80. The Morgan fingerprint density at radius 1 is 0.524 bits per heavy atom. The summed E-state index contributed by atoms with van der Waals surface area (Å²) < 4.78 is 12.0. The summed E-state index contributed by atoms with van der Waals surface area (Å²) in [5.74, 6) is 5.09. The quantitative estimate of drug-likeness (QED) is 0.328. The summed E-state index contributed by atoms with van der Waals surface area (Å²) in [7, 11) is 0. The highest BCUT2D eigenvalue weighted by Gasteiger charge is 2.25. The number of aliphatic imine (C=N–C) groups is 2. The first-order valence-corrected chi connectivity index (χ1v) is 14.3. The van der Waals surface area contributed by atoms with E-state index in [0.29, 0.717) is 5.75 Å². The Morgan fingerprint density at radius 3 is 1.69 bits per heavy atom. The average Bonchev–Trinajstić information content (AvgIpc) is 3.34. The number of aromatic nitrogens is 2. The molecule has 4 aromatic rings. The number of rotatable bonds is 0. The molecule has 212 valence electrons. The summed E-state index contributed by atoms with van der Waals surface area (Å²) in [4.78, 5) is 22.6. The second kappa shape index (κ2) is 12.0. The number of benzene rings is 2. The van der Waals surface area contributed by atoms with Gasteiger partial charge in [-0.25, -0.2) is 9.98 Å². The largest absolute Gasteiger partial charge is 0.454 e. The average molecular weight is 561 g/mol. The van der Waals surface area contributed by atoms with Crippen molar-refractivity contribution in [1.82, 2.24) is 30.4 Å². The molecule has 4 aliphatic heterocycles. The molecule has 2 N–H and O–H groups in total. The minimum absolute atomic E-state index is 0.704. The van der Waals surface area contributed by atoms with Crippen molar-refractivity contribution < 1.29 is 9.47 Å². The zero-order valence-electron chi connectivity index (χ0n) is 23.2. The SMILES string of the molecule is c1ccc2c(c1)Oc1ccncc1N=C2N1CCNCC1.c1ccc2c(c1)Oc1cnccc1N=C2N1CCNCC1. The van der Waals surface area contributed by atoms with Gasteiger partial charge in [-0.15, -0.1) is 0 Å². The zero-order valence-corrected chi connectivity index (χ0v) is 23.2. The van der Waals surface area contributed by atoms with Crippen LogP contribution in [0.3, 0.4) is 0 Å². The number of nitrogens with one attached hydrogen (secondary N) is 2. The number of pyridine rings is 2. The number of ether oxygens (including phenoxy) is 2. The van der Waals surface area contributed by atoms with Crippen LogP contribution in [0.4, 0.5) is 11.4 Å². The monoisotopic (exact) mass is 560 g/mol. The van der Waals surface area contributed by atoms with Gasteiger partial charge in [0.15, 0.2) is 11.5 Å². The molecular weight excluding hydrogens is 528 g/mol. The maximum Gasteiger partial charge on any atom is 0.171 e. The first-order valence-electron chi connectivity index (χ1n) is 14.3. The van der Waals surface area contributed by atoms with E-state index in [1.165, 1.54) is 0 Å². The van der Waals surface area contributed by atoms with Crippen molar-refractivity contribution in [2.45, 2.75) is 0 Å². The number of hydrogen-bond donors (Lipinski definition) is 2. The summed E-state index contributed by atoms with van der Waals surface area (Å²) >= 11 is 0. The predicted octanol–water partition coefficient (Wildman–Crippen LogP) is 4.34. The van der Waals surface area contributed by atoms with Gasteiger partial charge in [-0.05, 0) is 30.3 Å². The van der Waals surface area contributed by atoms with Crippen molar-refractivity contribution in [2.75, 3.05) is 52.4 Å². The molecule has 2 aromatic heterocycles. The van der Waals surface area contributed by atoms with Crippen molar-refractivity contribution in [3.05, 3.63) is 96.6 Å². The lowest BCUT2D eigenvalue weighted by Gasteiger charge is -2.30. The van der Waals surface area contributed by atoms with Crippen LogP contribution in [-0.4, -0.2) is 83.8 Å². The minimum atomic E-state index is 0.704. The van der Waals surface area contributed by atoms with E-state index in [-0.39, 0.29) is 0 Å². The van der Waals surface area contributed by atoms with Crippen molar-refractivity contribution in [3.63, 3.8) is 0 Å². The number of piperazine rings is 2. The molecule has 10 nitrogen and oxygen atoms in total. The number of para-hydroxylation sites is 2. The van der Waals surface area contributed by atoms with Gasteiger partial charge in [-0.3, -0.25) is 9.97 Å². The third-order valence-electron chi connectivity index (χ3n) is 7.51. The van der Waals surface area contributed by atoms with Gasteiger partial charge in [0.1, 0.15) is 34.5 Å². The van der Waals surface area contributed by atoms with Crippen LogP contribution < -0.4 is 20.1 Å². The lowest BCUT2D eigenvalue weighted by Crippen LogP contribution is -2.46. The van der Waals surface area contributed by atoms with Gasteiger partial charge in [0.05, 0.1) is 23.5 Å². The first-order chi connectivity index (χ1) is 20.8. The molecule has 4 aliphatic rings. The smallest absolute Gasteiger partial charge is 0.171 e. The highest BCUT2D eigenvalue weighted by atomic mass is 16.5. The normalized spacial score (nSPS) is 17.1. The predicted molar refractivity (Wildman–Crippen MR) is 163 cm³/mol. The lowest BCUT2D eigenvalue weighted by molar-refractivity contribution is 0.357. The molecule has 6 heterocycles. The van der Waals surface area contributed by atoms with Gasteiger partial charge in [0, 0.05) is 70.8 Å². The van der Waals surface area contributed by atoms with E-state index >= 15 is 0 Å². The topological polar surface area (TPSA) is 99.5 Å². The van der Waals surface area contributed by atoms with Crippen molar-refractivity contribution in [2.24, 2.45) is 9.98 Å². The third kappa shape index (κ3) is 5.41. The fourth-order valence-corrected chi connectivity index (χ4v) is 5.39. The Kier molecular flexibility index (Phi) is 7.45. The van der Waals surface area contributed by atoms with Gasteiger partial charge in [-0.1, -0.05) is 24.3 Å². The maximum atomic E-state index is 6.03. The lowest BCUT2D eigenvalue weighted by atomic mass is 10.1. The fraction of sp³-hybridized carbons (Fsp3) is 0.250. The molecule has 42 heavy (non-hydrogen) atoms. The van der Waals surface area contributed by atoms with Gasteiger partial charge in [-0.2, -0.15) is 0 Å². The Bertz CT molecular complexity index is 1510. The van der Waals surface area contributed by atoms with E-state index in [4.69, 9.17) is 19.5 Å². The second-order valence-electron chi connectivity index (χ2n) is 10.2. The van der Waals surface area contributed by atoms with E-state index in [0.717, 1.165) is 104 Å². The van der Waals surface area contributed by atoms with Crippen LogP contribution in [0.15, 0.2) is 95.4 Å². The van der Waals surface area contributed by atoms with Crippen LogP contribution in [0.2, 0.25) is 0 Å². The van der Waals surface area contributed by atoms with Gasteiger partial charge < -0.3 is 29.9 Å². The Morgan fingerprint density at radius 2 is 1.05 bits per heavy atom. The third-order valence-corrected chi connectivity index (χ3v) is 7.51. The summed E-state index contributed by atoms with van der Waals surface area (Å²) in [6, 6.07) is 19.9. The van der Waals surface area contributed by atoms with E-state index < -0.39 is 0 Å². The molecule has 0 saturated carbocycles. The molecule has 2 fully saturated rings. The van der Waals surface area contributed by atoms with Crippen LogP contribution in [0.1, 0.15) is 11.1 Å². The molecular formula is C32H32N8O2. The van der Waals surface area contributed by atoms with Gasteiger partial charge >= 0.3 is 0 Å². The highest BCUT2D eigenvalue weighted by Crippen LogP contribution is 2.38. The standard InChI is InChI=1S/2C16H16N4O/c1-2-4-14-12(3-1)16(20-9-7-17-8-10-20)19-13-11-18-6-5-15(13)21-14;1-2-4-14-12(3-1)16(20-9-7-17-8-10-20)19-13-5-6-18-11-15(13)21-14/h2*1-6,11,17H,7-10H2. The molecule has 0 spiro atoms. The summed E-state index contributed by atoms with van der Waals surface area (Å²) in [6.45, 7) is 7.70. The minimum Gasteiger partial charge on any atom is -0.454 e.